The molecule has 7 nitrogen and oxygen atoms in total. The van der Waals surface area contributed by atoms with E-state index in [-0.39, 0.29) is 18.0 Å². The number of carbonyl (C=O) groups is 1. The number of carbonyl (C=O) groups excluding carboxylic acids is 1. The molecule has 2 aromatic rings. The molecule has 22 heavy (non-hydrogen) atoms. The number of anilines is 1. The molecule has 2 heterocycles. The van der Waals surface area contributed by atoms with E-state index in [1.54, 1.807) is 16.9 Å². The number of nitrogens with zero attached hydrogens (tertiary/aromatic N) is 4. The summed E-state index contributed by atoms with van der Waals surface area (Å²) in [5.41, 5.74) is 1.13. The molecule has 1 amide bonds. The smallest absolute Gasteiger partial charge is 0.242 e. The lowest BCUT2D eigenvalue weighted by molar-refractivity contribution is -0.117. The van der Waals surface area contributed by atoms with Gasteiger partial charge >= 0.3 is 0 Å². The molecule has 1 unspecified atom stereocenters. The Bertz CT molecular complexity index is 615. The first kappa shape index (κ1) is 16.2. The van der Waals surface area contributed by atoms with Gasteiger partial charge in [-0.25, -0.2) is 4.68 Å². The van der Waals surface area contributed by atoms with Gasteiger partial charge < -0.3 is 10.6 Å². The Balaban J connectivity index is 1.80. The van der Waals surface area contributed by atoms with E-state index in [9.17, 15) is 4.79 Å². The minimum atomic E-state index is -0.285. The Morgan fingerprint density at radius 3 is 2.73 bits per heavy atom. The summed E-state index contributed by atoms with van der Waals surface area (Å²) in [4.78, 5) is 12.2. The summed E-state index contributed by atoms with van der Waals surface area (Å²) in [6, 6.07) is 1.72. The number of hydrogen-bond donors (Lipinski definition) is 2. The first-order valence-corrected chi connectivity index (χ1v) is 7.54. The van der Waals surface area contributed by atoms with Crippen LogP contribution in [-0.2, 0) is 11.3 Å². The molecular weight excluding hydrogens is 280 g/mol. The van der Waals surface area contributed by atoms with Crippen LogP contribution in [0.3, 0.4) is 0 Å². The minimum Gasteiger partial charge on any atom is -0.310 e. The van der Waals surface area contributed by atoms with Crippen LogP contribution in [0.2, 0.25) is 0 Å². The molecule has 0 fully saturated rings. The summed E-state index contributed by atoms with van der Waals surface area (Å²) in [7, 11) is 0. The second-order valence-corrected chi connectivity index (χ2v) is 5.70. The molecule has 0 aliphatic carbocycles. The fraction of sp³-hybridized carbons (Fsp3) is 0.533. The highest BCUT2D eigenvalue weighted by molar-refractivity contribution is 5.93. The third-order valence-corrected chi connectivity index (χ3v) is 3.36. The van der Waals surface area contributed by atoms with Crippen LogP contribution in [0.4, 0.5) is 5.82 Å². The van der Waals surface area contributed by atoms with Crippen LogP contribution in [-0.4, -0.2) is 38.1 Å². The Hall–Kier alpha value is -2.15. The van der Waals surface area contributed by atoms with Crippen molar-refractivity contribution < 1.29 is 4.79 Å². The maximum Gasteiger partial charge on any atom is 0.242 e. The number of aromatic nitrogens is 4. The van der Waals surface area contributed by atoms with Crippen LogP contribution in [0.25, 0.3) is 0 Å². The van der Waals surface area contributed by atoms with E-state index in [1.807, 2.05) is 44.8 Å². The van der Waals surface area contributed by atoms with Crippen molar-refractivity contribution in [1.29, 1.82) is 0 Å². The standard InChI is InChI=1S/C15H24N6O/c1-11(2)21-14(5-6-17-21)19-15(22)13(4)16-7-8-20-10-12(3)9-18-20/h5-6,9-11,13,16H,7-8H2,1-4H3,(H,19,22). The topological polar surface area (TPSA) is 76.8 Å². The van der Waals surface area contributed by atoms with E-state index in [0.29, 0.717) is 6.54 Å². The number of rotatable bonds is 7. The molecule has 0 aromatic carbocycles. The molecule has 0 spiro atoms. The van der Waals surface area contributed by atoms with E-state index < -0.39 is 0 Å². The van der Waals surface area contributed by atoms with Gasteiger partial charge in [-0.15, -0.1) is 0 Å². The molecule has 0 bridgehead atoms. The van der Waals surface area contributed by atoms with Crippen molar-refractivity contribution >= 4 is 11.7 Å². The van der Waals surface area contributed by atoms with E-state index in [1.165, 1.54) is 0 Å². The third kappa shape index (κ3) is 4.17. The van der Waals surface area contributed by atoms with E-state index >= 15 is 0 Å². The zero-order valence-electron chi connectivity index (χ0n) is 13.6. The zero-order valence-corrected chi connectivity index (χ0v) is 13.6. The highest BCUT2D eigenvalue weighted by atomic mass is 16.2. The molecule has 120 valence electrons. The highest BCUT2D eigenvalue weighted by Gasteiger charge is 2.15. The Kier molecular flexibility index (Phi) is 5.32. The van der Waals surface area contributed by atoms with Crippen molar-refractivity contribution in [1.82, 2.24) is 24.9 Å². The lowest BCUT2D eigenvalue weighted by atomic mass is 10.3. The molecule has 2 rings (SSSR count). The van der Waals surface area contributed by atoms with Gasteiger partial charge in [0, 0.05) is 24.8 Å². The zero-order chi connectivity index (χ0) is 16.1. The Labute approximate surface area is 130 Å². The third-order valence-electron chi connectivity index (χ3n) is 3.36. The number of hydrogen-bond acceptors (Lipinski definition) is 4. The molecule has 0 saturated carbocycles. The van der Waals surface area contributed by atoms with Gasteiger partial charge in [-0.3, -0.25) is 9.48 Å². The van der Waals surface area contributed by atoms with Gasteiger partial charge in [-0.2, -0.15) is 10.2 Å². The molecule has 0 radical (unpaired) electrons. The van der Waals surface area contributed by atoms with Crippen LogP contribution in [0.15, 0.2) is 24.7 Å². The maximum atomic E-state index is 12.2. The van der Waals surface area contributed by atoms with Crippen molar-refractivity contribution in [2.45, 2.75) is 46.3 Å². The quantitative estimate of drug-likeness (QED) is 0.814. The predicted molar refractivity (Wildman–Crippen MR) is 85.7 cm³/mol. The normalized spacial score (nSPS) is 12.6. The van der Waals surface area contributed by atoms with Gasteiger partial charge in [0.1, 0.15) is 5.82 Å². The predicted octanol–water partition coefficient (Wildman–Crippen LogP) is 1.59. The summed E-state index contributed by atoms with van der Waals surface area (Å²) in [6.45, 7) is 9.31. The SMILES string of the molecule is Cc1cnn(CCNC(C)C(=O)Nc2ccnn2C(C)C)c1. The Morgan fingerprint density at radius 2 is 2.09 bits per heavy atom. The first-order valence-electron chi connectivity index (χ1n) is 7.54. The molecule has 0 aliphatic heterocycles. The molecule has 0 saturated heterocycles. The van der Waals surface area contributed by atoms with Crippen LogP contribution >= 0.6 is 0 Å². The largest absolute Gasteiger partial charge is 0.310 e. The lowest BCUT2D eigenvalue weighted by Crippen LogP contribution is -2.40. The van der Waals surface area contributed by atoms with Crippen molar-refractivity contribution in [2.24, 2.45) is 0 Å². The van der Waals surface area contributed by atoms with Crippen LogP contribution in [0, 0.1) is 6.92 Å². The molecule has 2 aromatic heterocycles. The first-order chi connectivity index (χ1) is 10.5. The van der Waals surface area contributed by atoms with Crippen molar-refractivity contribution in [3.05, 3.63) is 30.2 Å². The second-order valence-electron chi connectivity index (χ2n) is 5.70. The summed E-state index contributed by atoms with van der Waals surface area (Å²) in [5.74, 6) is 0.649. The van der Waals surface area contributed by atoms with Crippen molar-refractivity contribution in [2.75, 3.05) is 11.9 Å². The van der Waals surface area contributed by atoms with E-state index in [0.717, 1.165) is 17.9 Å². The number of aryl methyl sites for hydroxylation is 1. The van der Waals surface area contributed by atoms with Crippen molar-refractivity contribution in [3.8, 4) is 0 Å². The van der Waals surface area contributed by atoms with Gasteiger partial charge in [0.2, 0.25) is 5.91 Å². The van der Waals surface area contributed by atoms with Crippen LogP contribution < -0.4 is 10.6 Å². The van der Waals surface area contributed by atoms with Gasteiger partial charge in [0.15, 0.2) is 0 Å². The van der Waals surface area contributed by atoms with E-state index in [2.05, 4.69) is 20.8 Å². The van der Waals surface area contributed by atoms with Crippen molar-refractivity contribution in [3.63, 3.8) is 0 Å². The molecular formula is C15H24N6O. The number of amides is 1. The average Bonchev–Trinajstić information content (AvgIpc) is 3.07. The van der Waals surface area contributed by atoms with Crippen LogP contribution in [0.1, 0.15) is 32.4 Å². The minimum absolute atomic E-state index is 0.0703. The number of nitrogens with one attached hydrogen (secondary N) is 2. The van der Waals surface area contributed by atoms with Gasteiger partial charge in [0.05, 0.1) is 25.0 Å². The molecule has 7 heteroatoms. The summed E-state index contributed by atoms with van der Waals surface area (Å²) >= 11 is 0. The molecule has 0 aliphatic rings. The molecule has 2 N–H and O–H groups in total. The summed E-state index contributed by atoms with van der Waals surface area (Å²) in [6.07, 6.45) is 5.49. The molecule has 1 atom stereocenters. The fourth-order valence-electron chi connectivity index (χ4n) is 2.14. The second kappa shape index (κ2) is 7.22. The van der Waals surface area contributed by atoms with Gasteiger partial charge in [-0.05, 0) is 33.3 Å². The van der Waals surface area contributed by atoms with E-state index in [4.69, 9.17) is 0 Å². The highest BCUT2D eigenvalue weighted by Crippen LogP contribution is 2.13. The average molecular weight is 304 g/mol. The Morgan fingerprint density at radius 1 is 1.32 bits per heavy atom. The summed E-state index contributed by atoms with van der Waals surface area (Å²) in [5, 5.41) is 14.5. The van der Waals surface area contributed by atoms with Gasteiger partial charge in [0.25, 0.3) is 0 Å². The van der Waals surface area contributed by atoms with Crippen LogP contribution in [0.5, 0.6) is 0 Å². The monoisotopic (exact) mass is 304 g/mol. The van der Waals surface area contributed by atoms with Gasteiger partial charge in [-0.1, -0.05) is 0 Å². The lowest BCUT2D eigenvalue weighted by Gasteiger charge is -2.16. The maximum absolute atomic E-state index is 12.2. The fourth-order valence-corrected chi connectivity index (χ4v) is 2.14. The summed E-state index contributed by atoms with van der Waals surface area (Å²) < 4.78 is 3.65.